The molecule has 10 heteroatoms. The van der Waals surface area contributed by atoms with E-state index in [9.17, 15) is 23.8 Å². The van der Waals surface area contributed by atoms with E-state index in [1.54, 1.807) is 36.4 Å². The van der Waals surface area contributed by atoms with E-state index < -0.39 is 23.7 Å². The summed E-state index contributed by atoms with van der Waals surface area (Å²) in [4.78, 5) is 10.9. The van der Waals surface area contributed by atoms with Gasteiger partial charge in [0.05, 0.1) is 5.52 Å². The number of aryl methyl sites for hydroxylation is 1. The number of para-hydroxylation sites is 1. The van der Waals surface area contributed by atoms with Crippen LogP contribution in [-0.2, 0) is 6.42 Å². The van der Waals surface area contributed by atoms with Crippen LogP contribution < -0.4 is 4.74 Å². The first-order chi connectivity index (χ1) is 18.8. The third-order valence-electron chi connectivity index (χ3n) is 6.16. The Morgan fingerprint density at radius 3 is 2.41 bits per heavy atom. The number of carbonyl (C=O) groups is 1. The number of aromatic hydroxyl groups is 2. The molecule has 0 spiro atoms. The number of phenolic OH excluding ortho intramolecular Hbond substituents is 1. The fourth-order valence-electron chi connectivity index (χ4n) is 4.31. The van der Waals surface area contributed by atoms with Gasteiger partial charge >= 0.3 is 6.16 Å². The van der Waals surface area contributed by atoms with Crippen LogP contribution in [0.2, 0.25) is 0 Å². The molecule has 8 nitrogen and oxygen atoms in total. The number of benzene rings is 4. The lowest BCUT2D eigenvalue weighted by atomic mass is 10.0. The van der Waals surface area contributed by atoms with E-state index >= 15 is 0 Å². The van der Waals surface area contributed by atoms with E-state index in [4.69, 9.17) is 5.11 Å². The van der Waals surface area contributed by atoms with Gasteiger partial charge in [0.1, 0.15) is 17.3 Å². The zero-order valence-electron chi connectivity index (χ0n) is 20.5. The zero-order valence-corrected chi connectivity index (χ0v) is 20.5. The molecular formula is C29H21F2N3O5. The van der Waals surface area contributed by atoms with Crippen molar-refractivity contribution in [1.82, 2.24) is 4.57 Å². The van der Waals surface area contributed by atoms with Gasteiger partial charge in [-0.15, -0.1) is 10.2 Å². The molecule has 3 N–H and O–H groups in total. The monoisotopic (exact) mass is 529 g/mol. The van der Waals surface area contributed by atoms with Crippen LogP contribution >= 0.6 is 0 Å². The van der Waals surface area contributed by atoms with Gasteiger partial charge in [-0.3, -0.25) is 4.57 Å². The van der Waals surface area contributed by atoms with Crippen molar-refractivity contribution in [2.24, 2.45) is 10.2 Å². The minimum absolute atomic E-state index is 0.00142. The van der Waals surface area contributed by atoms with Crippen LogP contribution in [0, 0.1) is 11.6 Å². The van der Waals surface area contributed by atoms with Crippen molar-refractivity contribution in [3.05, 3.63) is 96.1 Å². The Morgan fingerprint density at radius 2 is 1.69 bits per heavy atom. The Bertz CT molecular complexity index is 1750. The molecule has 0 aliphatic rings. The maximum absolute atomic E-state index is 15.0. The largest absolute Gasteiger partial charge is 0.511 e. The molecule has 0 bridgehead atoms. The van der Waals surface area contributed by atoms with Gasteiger partial charge in [-0.2, -0.15) is 0 Å². The molecule has 196 valence electrons. The standard InChI is InChI=1S/C29H21F2N3O5/c1-2-16-9-11-19(12-10-16)34-26-22(14-18(30)15-23(26)31)25(28(34)36)33-32-24-8-4-7-21(27(24)35)17-5-3-6-20(13-17)39-29(37)38/h3-15,35-36H,2H2,1H3,(H,37,38). The Labute approximate surface area is 220 Å². The Kier molecular flexibility index (Phi) is 6.68. The van der Waals surface area contributed by atoms with E-state index in [1.165, 1.54) is 22.8 Å². The number of halogens is 2. The Balaban J connectivity index is 1.61. The van der Waals surface area contributed by atoms with Crippen LogP contribution in [0.25, 0.3) is 27.7 Å². The molecule has 1 heterocycles. The fraction of sp³-hybridized carbons (Fsp3) is 0.0690. The van der Waals surface area contributed by atoms with Gasteiger partial charge in [-0.25, -0.2) is 13.6 Å². The highest BCUT2D eigenvalue weighted by Gasteiger charge is 2.22. The fourth-order valence-corrected chi connectivity index (χ4v) is 4.31. The van der Waals surface area contributed by atoms with Gasteiger partial charge in [0, 0.05) is 22.7 Å². The first-order valence-corrected chi connectivity index (χ1v) is 11.8. The van der Waals surface area contributed by atoms with Gasteiger partial charge in [-0.05, 0) is 53.9 Å². The second-order valence-corrected chi connectivity index (χ2v) is 8.58. The topological polar surface area (TPSA) is 117 Å². The molecule has 4 aromatic carbocycles. The van der Waals surface area contributed by atoms with Crippen LogP contribution in [0.3, 0.4) is 0 Å². The number of hydrogen-bond acceptors (Lipinski definition) is 6. The molecule has 0 amide bonds. The summed E-state index contributed by atoms with van der Waals surface area (Å²) in [5.74, 6) is -2.45. The summed E-state index contributed by atoms with van der Waals surface area (Å²) in [6, 6.07) is 19.6. The SMILES string of the molecule is CCc1ccc(-n2c(O)c(N=Nc3cccc(-c4cccc(OC(=O)O)c4)c3O)c3cc(F)cc(F)c32)cc1. The summed E-state index contributed by atoms with van der Waals surface area (Å²) in [5, 5.41) is 39.0. The number of aromatic nitrogens is 1. The first-order valence-electron chi connectivity index (χ1n) is 11.8. The molecule has 5 rings (SSSR count). The number of ether oxygens (including phenoxy) is 1. The Morgan fingerprint density at radius 1 is 0.949 bits per heavy atom. The molecule has 39 heavy (non-hydrogen) atoms. The molecule has 1 aromatic heterocycles. The molecule has 0 fully saturated rings. The normalized spacial score (nSPS) is 11.4. The molecule has 0 saturated carbocycles. The van der Waals surface area contributed by atoms with Crippen LogP contribution in [-0.4, -0.2) is 26.0 Å². The van der Waals surface area contributed by atoms with E-state index in [-0.39, 0.29) is 33.8 Å². The van der Waals surface area contributed by atoms with E-state index in [0.717, 1.165) is 24.1 Å². The summed E-state index contributed by atoms with van der Waals surface area (Å²) in [7, 11) is 0. The summed E-state index contributed by atoms with van der Waals surface area (Å²) < 4.78 is 35.1. The average molecular weight is 529 g/mol. The zero-order chi connectivity index (χ0) is 27.7. The lowest BCUT2D eigenvalue weighted by Gasteiger charge is -2.08. The van der Waals surface area contributed by atoms with Crippen molar-refractivity contribution in [3.63, 3.8) is 0 Å². The number of phenols is 1. The highest BCUT2D eigenvalue weighted by molar-refractivity contribution is 5.97. The summed E-state index contributed by atoms with van der Waals surface area (Å²) in [6.07, 6.45) is -0.691. The predicted molar refractivity (Wildman–Crippen MR) is 141 cm³/mol. The summed E-state index contributed by atoms with van der Waals surface area (Å²) in [6.45, 7) is 1.99. The van der Waals surface area contributed by atoms with Gasteiger partial charge < -0.3 is 20.1 Å². The lowest BCUT2D eigenvalue weighted by molar-refractivity contribution is 0.144. The van der Waals surface area contributed by atoms with Crippen LogP contribution in [0.5, 0.6) is 17.4 Å². The number of carboxylic acid groups (broad SMARTS) is 1. The first kappa shape index (κ1) is 25.4. The van der Waals surface area contributed by atoms with Crippen LogP contribution in [0.15, 0.2) is 89.1 Å². The van der Waals surface area contributed by atoms with Gasteiger partial charge in [0.15, 0.2) is 17.3 Å². The maximum atomic E-state index is 15.0. The second-order valence-electron chi connectivity index (χ2n) is 8.58. The van der Waals surface area contributed by atoms with E-state index in [1.807, 2.05) is 19.1 Å². The van der Waals surface area contributed by atoms with Gasteiger partial charge in [-0.1, -0.05) is 43.3 Å². The maximum Gasteiger partial charge on any atom is 0.511 e. The molecule has 0 radical (unpaired) electrons. The summed E-state index contributed by atoms with van der Waals surface area (Å²) >= 11 is 0. The summed E-state index contributed by atoms with van der Waals surface area (Å²) in [5.41, 5.74) is 1.96. The molecule has 5 aromatic rings. The third kappa shape index (κ3) is 4.87. The molecule has 0 aliphatic heterocycles. The second kappa shape index (κ2) is 10.3. The van der Waals surface area contributed by atoms with E-state index in [0.29, 0.717) is 16.8 Å². The van der Waals surface area contributed by atoms with Gasteiger partial charge in [0.25, 0.3) is 0 Å². The lowest BCUT2D eigenvalue weighted by Crippen LogP contribution is -2.02. The molecule has 0 saturated heterocycles. The molecule has 0 aliphatic carbocycles. The van der Waals surface area contributed by atoms with Crippen molar-refractivity contribution in [2.45, 2.75) is 13.3 Å². The number of rotatable bonds is 6. The number of hydrogen-bond donors (Lipinski definition) is 3. The van der Waals surface area contributed by atoms with Gasteiger partial charge in [0.2, 0.25) is 5.88 Å². The van der Waals surface area contributed by atoms with Crippen molar-refractivity contribution in [3.8, 4) is 34.2 Å². The third-order valence-corrected chi connectivity index (χ3v) is 6.16. The molecule has 0 atom stereocenters. The smallest absolute Gasteiger partial charge is 0.505 e. The molecular weight excluding hydrogens is 508 g/mol. The highest BCUT2D eigenvalue weighted by atomic mass is 19.1. The van der Waals surface area contributed by atoms with E-state index in [2.05, 4.69) is 15.0 Å². The van der Waals surface area contributed by atoms with Crippen molar-refractivity contribution >= 4 is 28.4 Å². The highest BCUT2D eigenvalue weighted by Crippen LogP contribution is 2.44. The van der Waals surface area contributed by atoms with Crippen LogP contribution in [0.1, 0.15) is 12.5 Å². The molecule has 0 unspecified atom stereocenters. The quantitative estimate of drug-likeness (QED) is 0.117. The van der Waals surface area contributed by atoms with Crippen molar-refractivity contribution < 1.29 is 33.6 Å². The van der Waals surface area contributed by atoms with Crippen LogP contribution in [0.4, 0.5) is 25.0 Å². The average Bonchev–Trinajstić information content (AvgIpc) is 3.19. The number of nitrogens with zero attached hydrogens (tertiary/aromatic N) is 3. The van der Waals surface area contributed by atoms with Crippen molar-refractivity contribution in [2.75, 3.05) is 0 Å². The van der Waals surface area contributed by atoms with Crippen molar-refractivity contribution in [1.29, 1.82) is 0 Å². The minimum Gasteiger partial charge on any atom is -0.505 e. The number of fused-ring (bicyclic) bond motifs is 1. The Hall–Kier alpha value is -5.25. The minimum atomic E-state index is -1.48. The predicted octanol–water partition coefficient (Wildman–Crippen LogP) is 8.02. The number of azo groups is 1.